The molecule has 3 aliphatic rings. The highest BCUT2D eigenvalue weighted by molar-refractivity contribution is 5.55. The highest BCUT2D eigenvalue weighted by atomic mass is 16.6. The first-order chi connectivity index (χ1) is 9.88. The average molecular weight is 274 g/mol. The molecule has 4 heteroatoms. The van der Waals surface area contributed by atoms with Crippen molar-refractivity contribution in [3.63, 3.8) is 0 Å². The van der Waals surface area contributed by atoms with Gasteiger partial charge in [0.1, 0.15) is 13.2 Å². The van der Waals surface area contributed by atoms with Gasteiger partial charge >= 0.3 is 0 Å². The molecule has 20 heavy (non-hydrogen) atoms. The number of ether oxygens (including phenoxy) is 2. The van der Waals surface area contributed by atoms with Crippen molar-refractivity contribution in [2.24, 2.45) is 0 Å². The summed E-state index contributed by atoms with van der Waals surface area (Å²) < 4.78 is 11.2. The van der Waals surface area contributed by atoms with Crippen molar-refractivity contribution in [3.8, 4) is 11.5 Å². The monoisotopic (exact) mass is 274 g/mol. The maximum atomic E-state index is 5.65. The predicted octanol–water partition coefficient (Wildman–Crippen LogP) is 2.50. The first kappa shape index (κ1) is 12.3. The summed E-state index contributed by atoms with van der Waals surface area (Å²) in [5.41, 5.74) is 1.16. The van der Waals surface area contributed by atoms with Gasteiger partial charge in [-0.1, -0.05) is 0 Å². The summed E-state index contributed by atoms with van der Waals surface area (Å²) >= 11 is 0. The smallest absolute Gasteiger partial charge is 0.163 e. The molecular weight excluding hydrogens is 252 g/mol. The quantitative estimate of drug-likeness (QED) is 0.898. The largest absolute Gasteiger partial charge is 0.486 e. The molecule has 0 radical (unpaired) electrons. The van der Waals surface area contributed by atoms with Crippen LogP contribution in [0.3, 0.4) is 0 Å². The van der Waals surface area contributed by atoms with Gasteiger partial charge in [0.2, 0.25) is 0 Å². The number of rotatable bonds is 2. The lowest BCUT2D eigenvalue weighted by Crippen LogP contribution is -2.42. The fourth-order valence-electron chi connectivity index (χ4n) is 3.72. The van der Waals surface area contributed by atoms with E-state index < -0.39 is 0 Å². The van der Waals surface area contributed by atoms with Gasteiger partial charge in [-0.05, 0) is 44.4 Å². The van der Waals surface area contributed by atoms with E-state index in [-0.39, 0.29) is 0 Å². The van der Waals surface area contributed by atoms with E-state index in [9.17, 15) is 0 Å². The van der Waals surface area contributed by atoms with E-state index in [0.29, 0.717) is 19.3 Å². The molecule has 1 N–H and O–H groups in total. The van der Waals surface area contributed by atoms with Gasteiger partial charge in [0.05, 0.1) is 0 Å². The Balaban J connectivity index is 1.43. The number of nitrogens with zero attached hydrogens (tertiary/aromatic N) is 1. The zero-order chi connectivity index (χ0) is 13.4. The molecule has 1 aromatic carbocycles. The van der Waals surface area contributed by atoms with Gasteiger partial charge in [0.25, 0.3) is 0 Å². The van der Waals surface area contributed by atoms with Crippen molar-refractivity contribution in [1.29, 1.82) is 0 Å². The van der Waals surface area contributed by atoms with Crippen molar-refractivity contribution in [2.75, 3.05) is 31.6 Å². The van der Waals surface area contributed by atoms with Crippen LogP contribution in [0, 0.1) is 0 Å². The molecule has 4 rings (SSSR count). The van der Waals surface area contributed by atoms with Gasteiger partial charge in [-0.2, -0.15) is 0 Å². The second-order valence-corrected chi connectivity index (χ2v) is 6.06. The highest BCUT2D eigenvalue weighted by Crippen LogP contribution is 2.34. The highest BCUT2D eigenvalue weighted by Gasteiger charge is 2.31. The minimum atomic E-state index is 0.594. The standard InChI is InChI=1S/C16H22N2O2/c1-2-14-10-13(5-7-18(14)6-1)17-12-3-4-15-16(11-12)20-9-8-19-15/h3-4,11,13-14,17H,1-2,5-10H2. The molecule has 4 nitrogen and oxygen atoms in total. The molecule has 3 aliphatic heterocycles. The number of piperidine rings is 1. The van der Waals surface area contributed by atoms with Gasteiger partial charge in [-0.15, -0.1) is 0 Å². The van der Waals surface area contributed by atoms with Crippen LogP contribution in [0.2, 0.25) is 0 Å². The molecule has 0 aliphatic carbocycles. The molecule has 2 fully saturated rings. The summed E-state index contributed by atoms with van der Waals surface area (Å²) in [5.74, 6) is 1.74. The summed E-state index contributed by atoms with van der Waals surface area (Å²) in [4.78, 5) is 2.65. The van der Waals surface area contributed by atoms with E-state index in [2.05, 4.69) is 22.3 Å². The van der Waals surface area contributed by atoms with E-state index >= 15 is 0 Å². The lowest BCUT2D eigenvalue weighted by molar-refractivity contribution is 0.171. The average Bonchev–Trinajstić information content (AvgIpc) is 2.95. The number of hydrogen-bond acceptors (Lipinski definition) is 4. The van der Waals surface area contributed by atoms with Crippen LogP contribution >= 0.6 is 0 Å². The lowest BCUT2D eigenvalue weighted by atomic mass is 9.97. The summed E-state index contributed by atoms with van der Waals surface area (Å²) in [6, 6.07) is 7.60. The van der Waals surface area contributed by atoms with Crippen LogP contribution in [0.4, 0.5) is 5.69 Å². The zero-order valence-corrected chi connectivity index (χ0v) is 11.8. The Hall–Kier alpha value is -1.42. The summed E-state index contributed by atoms with van der Waals surface area (Å²) in [7, 11) is 0. The van der Waals surface area contributed by atoms with E-state index in [0.717, 1.165) is 23.2 Å². The maximum absolute atomic E-state index is 5.65. The molecule has 0 spiro atoms. The van der Waals surface area contributed by atoms with Crippen LogP contribution in [0.25, 0.3) is 0 Å². The first-order valence-electron chi connectivity index (χ1n) is 7.79. The molecule has 0 amide bonds. The Kier molecular flexibility index (Phi) is 3.19. The van der Waals surface area contributed by atoms with Gasteiger partial charge < -0.3 is 19.7 Å². The molecule has 0 saturated carbocycles. The van der Waals surface area contributed by atoms with Crippen LogP contribution < -0.4 is 14.8 Å². The van der Waals surface area contributed by atoms with Gasteiger partial charge in [-0.25, -0.2) is 0 Å². The van der Waals surface area contributed by atoms with E-state index in [1.165, 1.54) is 38.8 Å². The summed E-state index contributed by atoms with van der Waals surface area (Å²) in [5, 5.41) is 3.68. The molecule has 108 valence electrons. The van der Waals surface area contributed by atoms with Crippen molar-refractivity contribution < 1.29 is 9.47 Å². The fraction of sp³-hybridized carbons (Fsp3) is 0.625. The van der Waals surface area contributed by atoms with E-state index in [1.54, 1.807) is 0 Å². The number of anilines is 1. The van der Waals surface area contributed by atoms with E-state index in [1.807, 2.05) is 6.07 Å². The fourth-order valence-corrected chi connectivity index (χ4v) is 3.72. The van der Waals surface area contributed by atoms with E-state index in [4.69, 9.17) is 9.47 Å². The van der Waals surface area contributed by atoms with Crippen molar-refractivity contribution >= 4 is 5.69 Å². The van der Waals surface area contributed by atoms with Crippen LogP contribution in [0.1, 0.15) is 25.7 Å². The van der Waals surface area contributed by atoms with Gasteiger partial charge in [0.15, 0.2) is 11.5 Å². The number of benzene rings is 1. The number of fused-ring (bicyclic) bond motifs is 2. The van der Waals surface area contributed by atoms with Crippen molar-refractivity contribution in [3.05, 3.63) is 18.2 Å². The van der Waals surface area contributed by atoms with Crippen LogP contribution in [0.5, 0.6) is 11.5 Å². The van der Waals surface area contributed by atoms with Gasteiger partial charge in [-0.3, -0.25) is 0 Å². The third-order valence-corrected chi connectivity index (χ3v) is 4.73. The topological polar surface area (TPSA) is 33.7 Å². The minimum Gasteiger partial charge on any atom is -0.486 e. The van der Waals surface area contributed by atoms with Crippen LogP contribution in [0.15, 0.2) is 18.2 Å². The minimum absolute atomic E-state index is 0.594. The molecule has 3 heterocycles. The molecule has 0 aromatic heterocycles. The molecular formula is C16H22N2O2. The Morgan fingerprint density at radius 3 is 2.90 bits per heavy atom. The van der Waals surface area contributed by atoms with Gasteiger partial charge in [0, 0.05) is 30.4 Å². The number of nitrogens with one attached hydrogen (secondary N) is 1. The molecule has 1 aromatic rings. The lowest BCUT2D eigenvalue weighted by Gasteiger charge is -2.35. The molecule has 2 saturated heterocycles. The second-order valence-electron chi connectivity index (χ2n) is 6.06. The summed E-state index contributed by atoms with van der Waals surface area (Å²) in [6.45, 7) is 3.85. The van der Waals surface area contributed by atoms with Crippen LogP contribution in [-0.4, -0.2) is 43.3 Å². The second kappa shape index (κ2) is 5.17. The van der Waals surface area contributed by atoms with Crippen molar-refractivity contribution in [2.45, 2.75) is 37.8 Å². The normalized spacial score (nSPS) is 29.0. The predicted molar refractivity (Wildman–Crippen MR) is 78.7 cm³/mol. The SMILES string of the molecule is c1cc2c(cc1NC1CCN3CCCC3C1)OCCO2. The third-order valence-electron chi connectivity index (χ3n) is 4.73. The maximum Gasteiger partial charge on any atom is 0.163 e. The Labute approximate surface area is 120 Å². The Morgan fingerprint density at radius 2 is 1.95 bits per heavy atom. The van der Waals surface area contributed by atoms with Crippen LogP contribution in [-0.2, 0) is 0 Å². The third kappa shape index (κ3) is 2.33. The summed E-state index contributed by atoms with van der Waals surface area (Å²) in [6.07, 6.45) is 5.26. The van der Waals surface area contributed by atoms with Crippen molar-refractivity contribution in [1.82, 2.24) is 4.90 Å². The molecule has 2 unspecified atom stereocenters. The molecule has 2 atom stereocenters. The number of hydrogen-bond donors (Lipinski definition) is 1. The Bertz CT molecular complexity index is 491. The Morgan fingerprint density at radius 1 is 1.05 bits per heavy atom. The molecule has 0 bridgehead atoms. The zero-order valence-electron chi connectivity index (χ0n) is 11.8. The first-order valence-corrected chi connectivity index (χ1v) is 7.79.